The molecule has 1 fully saturated rings. The van der Waals surface area contributed by atoms with Gasteiger partial charge in [-0.25, -0.2) is 13.1 Å². The zero-order chi connectivity index (χ0) is 20.1. The largest absolute Gasteiger partial charge is 0.349 e. The summed E-state index contributed by atoms with van der Waals surface area (Å²) in [6.45, 7) is 4.33. The van der Waals surface area contributed by atoms with Crippen molar-refractivity contribution in [3.05, 3.63) is 47.8 Å². The van der Waals surface area contributed by atoms with Crippen LogP contribution in [0.4, 0.5) is 0 Å². The number of carbonyl (C=O) groups excluding carboxylic acids is 1. The molecule has 0 spiro atoms. The van der Waals surface area contributed by atoms with Crippen molar-refractivity contribution < 1.29 is 13.2 Å². The van der Waals surface area contributed by atoms with E-state index < -0.39 is 10.0 Å². The van der Waals surface area contributed by atoms with Crippen LogP contribution < -0.4 is 10.0 Å². The minimum atomic E-state index is -3.51. The molecule has 0 aliphatic heterocycles. The third-order valence-electron chi connectivity index (χ3n) is 5.11. The summed E-state index contributed by atoms with van der Waals surface area (Å²) in [5.74, 6) is -0.163. The van der Waals surface area contributed by atoms with Crippen molar-refractivity contribution in [3.63, 3.8) is 0 Å². The van der Waals surface area contributed by atoms with Crippen LogP contribution in [0.1, 0.15) is 61.0 Å². The highest BCUT2D eigenvalue weighted by Gasteiger charge is 2.24. The van der Waals surface area contributed by atoms with Crippen molar-refractivity contribution in [2.24, 2.45) is 0 Å². The minimum absolute atomic E-state index is 0.134. The van der Waals surface area contributed by atoms with Gasteiger partial charge in [0.25, 0.3) is 5.91 Å². The smallest absolute Gasteiger partial charge is 0.251 e. The van der Waals surface area contributed by atoms with E-state index in [2.05, 4.69) is 21.3 Å². The molecule has 3 rings (SSSR count). The van der Waals surface area contributed by atoms with E-state index in [1.54, 1.807) is 12.1 Å². The second-order valence-electron chi connectivity index (χ2n) is 7.40. The van der Waals surface area contributed by atoms with Gasteiger partial charge in [-0.2, -0.15) is 5.10 Å². The van der Waals surface area contributed by atoms with Gasteiger partial charge in [0.05, 0.1) is 17.1 Å². The molecule has 0 saturated heterocycles. The Kier molecular flexibility index (Phi) is 6.51. The minimum Gasteiger partial charge on any atom is -0.349 e. The molecular weight excluding hydrogens is 376 g/mol. The zero-order valence-corrected chi connectivity index (χ0v) is 17.2. The first-order chi connectivity index (χ1) is 13.4. The number of rotatable bonds is 7. The van der Waals surface area contributed by atoms with Crippen molar-refractivity contribution >= 4 is 15.9 Å². The van der Waals surface area contributed by atoms with Crippen LogP contribution in [0, 0.1) is 6.92 Å². The number of aryl methyl sites for hydroxylation is 1. The van der Waals surface area contributed by atoms with Gasteiger partial charge >= 0.3 is 0 Å². The van der Waals surface area contributed by atoms with Crippen LogP contribution in [-0.2, 0) is 10.0 Å². The van der Waals surface area contributed by atoms with Gasteiger partial charge in [0.15, 0.2) is 0 Å². The summed E-state index contributed by atoms with van der Waals surface area (Å²) in [5, 5.41) is 7.47. The van der Waals surface area contributed by atoms with Crippen molar-refractivity contribution in [2.75, 3.05) is 6.54 Å². The van der Waals surface area contributed by atoms with E-state index in [-0.39, 0.29) is 16.8 Å². The number of amides is 1. The van der Waals surface area contributed by atoms with E-state index in [1.165, 1.54) is 12.1 Å². The first-order valence-electron chi connectivity index (χ1n) is 9.80. The van der Waals surface area contributed by atoms with Gasteiger partial charge in [-0.15, -0.1) is 0 Å². The predicted octanol–water partition coefficient (Wildman–Crippen LogP) is 2.79. The van der Waals surface area contributed by atoms with Gasteiger partial charge in [-0.1, -0.05) is 6.92 Å². The summed E-state index contributed by atoms with van der Waals surface area (Å²) in [6, 6.07) is 6.60. The Morgan fingerprint density at radius 3 is 2.43 bits per heavy atom. The molecule has 0 atom stereocenters. The maximum atomic E-state index is 12.5. The van der Waals surface area contributed by atoms with Crippen LogP contribution in [0.25, 0.3) is 0 Å². The molecule has 1 heterocycles. The summed E-state index contributed by atoms with van der Waals surface area (Å²) in [7, 11) is -3.51. The molecule has 1 aromatic heterocycles. The molecule has 1 aliphatic carbocycles. The third kappa shape index (κ3) is 4.99. The fraction of sp³-hybridized carbons (Fsp3) is 0.500. The Hall–Kier alpha value is -2.19. The van der Waals surface area contributed by atoms with Gasteiger partial charge in [-0.05, 0) is 68.9 Å². The standard InChI is InChI=1S/C20H28N4O3S/c1-3-12-22-28(26,27)19-10-4-16(5-11-19)20(25)23-17-6-8-18(9-7-17)24-14-15(2)13-21-24/h4-5,10-11,13-14,17-18,22H,3,6-9,12H2,1-2H3,(H,23,25). The SMILES string of the molecule is CCCNS(=O)(=O)c1ccc(C(=O)NC2CCC(n3cc(C)cn3)CC2)cc1. The Morgan fingerprint density at radius 2 is 1.86 bits per heavy atom. The fourth-order valence-corrected chi connectivity index (χ4v) is 4.63. The maximum Gasteiger partial charge on any atom is 0.251 e. The number of nitrogens with one attached hydrogen (secondary N) is 2. The molecule has 8 heteroatoms. The van der Waals surface area contributed by atoms with E-state index in [9.17, 15) is 13.2 Å². The lowest BCUT2D eigenvalue weighted by atomic mass is 9.91. The molecule has 1 aromatic carbocycles. The van der Waals surface area contributed by atoms with Crippen LogP contribution in [0.5, 0.6) is 0 Å². The molecule has 1 aliphatic rings. The number of nitrogens with zero attached hydrogens (tertiary/aromatic N) is 2. The molecule has 0 unspecified atom stereocenters. The Labute approximate surface area is 166 Å². The molecule has 152 valence electrons. The second kappa shape index (κ2) is 8.87. The highest BCUT2D eigenvalue weighted by Crippen LogP contribution is 2.28. The summed E-state index contributed by atoms with van der Waals surface area (Å²) < 4.78 is 28.8. The quantitative estimate of drug-likeness (QED) is 0.742. The van der Waals surface area contributed by atoms with Gasteiger partial charge in [-0.3, -0.25) is 9.48 Å². The number of sulfonamides is 1. The number of carbonyl (C=O) groups is 1. The van der Waals surface area contributed by atoms with Crippen molar-refractivity contribution in [1.29, 1.82) is 0 Å². The Morgan fingerprint density at radius 1 is 1.18 bits per heavy atom. The maximum absolute atomic E-state index is 12.5. The first-order valence-corrected chi connectivity index (χ1v) is 11.3. The highest BCUT2D eigenvalue weighted by molar-refractivity contribution is 7.89. The number of benzene rings is 1. The summed E-state index contributed by atoms with van der Waals surface area (Å²) in [5.41, 5.74) is 1.63. The summed E-state index contributed by atoms with van der Waals surface area (Å²) in [6.07, 6.45) is 8.43. The predicted molar refractivity (Wildman–Crippen MR) is 108 cm³/mol. The summed E-state index contributed by atoms with van der Waals surface area (Å²) >= 11 is 0. The van der Waals surface area contributed by atoms with E-state index in [0.717, 1.165) is 37.7 Å². The lowest BCUT2D eigenvalue weighted by molar-refractivity contribution is 0.0921. The Bertz CT molecular complexity index is 898. The summed E-state index contributed by atoms with van der Waals surface area (Å²) in [4.78, 5) is 12.7. The molecule has 28 heavy (non-hydrogen) atoms. The topological polar surface area (TPSA) is 93.1 Å². The normalized spacial score (nSPS) is 20.1. The number of hydrogen-bond donors (Lipinski definition) is 2. The molecule has 0 radical (unpaired) electrons. The molecule has 0 bridgehead atoms. The molecule has 2 aromatic rings. The third-order valence-corrected chi connectivity index (χ3v) is 6.58. The van der Waals surface area contributed by atoms with Gasteiger partial charge < -0.3 is 5.32 Å². The first kappa shape index (κ1) is 20.5. The average Bonchev–Trinajstić information content (AvgIpc) is 3.13. The number of hydrogen-bond acceptors (Lipinski definition) is 4. The molecule has 1 saturated carbocycles. The van der Waals surface area contributed by atoms with Crippen LogP contribution in [0.3, 0.4) is 0 Å². The van der Waals surface area contributed by atoms with E-state index in [0.29, 0.717) is 18.2 Å². The van der Waals surface area contributed by atoms with Crippen LogP contribution in [0.15, 0.2) is 41.6 Å². The van der Waals surface area contributed by atoms with Crippen LogP contribution in [0.2, 0.25) is 0 Å². The average molecular weight is 405 g/mol. The second-order valence-corrected chi connectivity index (χ2v) is 9.17. The van der Waals surface area contributed by atoms with Gasteiger partial charge in [0.1, 0.15) is 0 Å². The lowest BCUT2D eigenvalue weighted by Crippen LogP contribution is -2.38. The van der Waals surface area contributed by atoms with E-state index in [1.807, 2.05) is 24.7 Å². The lowest BCUT2D eigenvalue weighted by Gasteiger charge is -2.29. The molecule has 2 N–H and O–H groups in total. The molecular formula is C20H28N4O3S. The van der Waals surface area contributed by atoms with Gasteiger partial charge in [0, 0.05) is 24.3 Å². The molecule has 7 nitrogen and oxygen atoms in total. The number of aromatic nitrogens is 2. The fourth-order valence-electron chi connectivity index (χ4n) is 3.49. The van der Waals surface area contributed by atoms with Crippen LogP contribution >= 0.6 is 0 Å². The van der Waals surface area contributed by atoms with Crippen molar-refractivity contribution in [1.82, 2.24) is 19.8 Å². The molecule has 1 amide bonds. The van der Waals surface area contributed by atoms with E-state index >= 15 is 0 Å². The van der Waals surface area contributed by atoms with Crippen LogP contribution in [-0.4, -0.2) is 36.7 Å². The van der Waals surface area contributed by atoms with E-state index in [4.69, 9.17) is 0 Å². The van der Waals surface area contributed by atoms with Gasteiger partial charge in [0.2, 0.25) is 10.0 Å². The van der Waals surface area contributed by atoms with Crippen molar-refractivity contribution in [3.8, 4) is 0 Å². The zero-order valence-electron chi connectivity index (χ0n) is 16.4. The van der Waals surface area contributed by atoms with Crippen molar-refractivity contribution in [2.45, 2.75) is 62.9 Å². The highest BCUT2D eigenvalue weighted by atomic mass is 32.2. The Balaban J connectivity index is 1.54. The monoisotopic (exact) mass is 404 g/mol.